The summed E-state index contributed by atoms with van der Waals surface area (Å²) in [4.78, 5) is 6.40. The van der Waals surface area contributed by atoms with Crippen LogP contribution in [0.4, 0.5) is 5.82 Å². The molecule has 0 saturated carbocycles. The van der Waals surface area contributed by atoms with Gasteiger partial charge in [-0.15, -0.1) is 0 Å². The van der Waals surface area contributed by atoms with E-state index in [1.165, 1.54) is 0 Å². The molecule has 18 heavy (non-hydrogen) atoms. The molecule has 1 saturated heterocycles. The first kappa shape index (κ1) is 12.7. The van der Waals surface area contributed by atoms with Gasteiger partial charge in [-0.3, -0.25) is 0 Å². The van der Waals surface area contributed by atoms with Crippen molar-refractivity contribution in [2.24, 2.45) is 0 Å². The van der Waals surface area contributed by atoms with Gasteiger partial charge in [0.1, 0.15) is 0 Å². The topological polar surface area (TPSA) is 58.4 Å². The zero-order valence-electron chi connectivity index (χ0n) is 10.7. The second kappa shape index (κ2) is 5.69. The van der Waals surface area contributed by atoms with Crippen LogP contribution in [0.15, 0.2) is 18.3 Å². The van der Waals surface area contributed by atoms with Gasteiger partial charge < -0.3 is 14.4 Å². The maximum Gasteiger partial charge on any atom is 0.171 e. The summed E-state index contributed by atoms with van der Waals surface area (Å²) in [6, 6.07) is 5.88. The second-order valence-corrected chi connectivity index (χ2v) is 4.43. The third-order valence-corrected chi connectivity index (χ3v) is 2.62. The van der Waals surface area contributed by atoms with E-state index in [4.69, 9.17) is 14.7 Å². The molecule has 0 N–H and O–H groups in total. The second-order valence-electron chi connectivity index (χ2n) is 4.43. The minimum atomic E-state index is -0.396. The molecule has 0 aromatic carbocycles. The lowest BCUT2D eigenvalue weighted by molar-refractivity contribution is 0.0758. The Morgan fingerprint density at radius 1 is 1.61 bits per heavy atom. The number of ether oxygens (including phenoxy) is 2. The van der Waals surface area contributed by atoms with Gasteiger partial charge in [0.15, 0.2) is 17.7 Å². The van der Waals surface area contributed by atoms with Crippen molar-refractivity contribution in [3.63, 3.8) is 0 Å². The number of hydrogen-bond acceptors (Lipinski definition) is 5. The van der Waals surface area contributed by atoms with Crippen LogP contribution in [0.1, 0.15) is 13.8 Å². The molecule has 96 valence electrons. The van der Waals surface area contributed by atoms with E-state index in [9.17, 15) is 0 Å². The van der Waals surface area contributed by atoms with Gasteiger partial charge >= 0.3 is 0 Å². The van der Waals surface area contributed by atoms with Crippen molar-refractivity contribution in [3.8, 4) is 11.8 Å². The molecule has 2 rings (SSSR count). The molecule has 1 aliphatic rings. The van der Waals surface area contributed by atoms with E-state index in [-0.39, 0.29) is 6.10 Å². The Labute approximate surface area is 107 Å². The van der Waals surface area contributed by atoms with Crippen molar-refractivity contribution >= 4 is 5.82 Å². The summed E-state index contributed by atoms with van der Waals surface area (Å²) in [5, 5.41) is 8.92. The standard InChI is InChI=1S/C13H17N3O2/c1-10(2)18-12-4-3-5-15-13(12)16-6-7-17-11(8-14)9-16/h3-5,10-11H,6-7,9H2,1-2H3. The third kappa shape index (κ3) is 2.90. The van der Waals surface area contributed by atoms with E-state index in [1.807, 2.05) is 30.9 Å². The molecule has 1 unspecified atom stereocenters. The molecule has 2 heterocycles. The largest absolute Gasteiger partial charge is 0.487 e. The molecular weight excluding hydrogens is 230 g/mol. The van der Waals surface area contributed by atoms with Crippen molar-refractivity contribution in [2.45, 2.75) is 26.1 Å². The number of morpholine rings is 1. The summed E-state index contributed by atoms with van der Waals surface area (Å²) in [7, 11) is 0. The first-order chi connectivity index (χ1) is 8.70. The summed E-state index contributed by atoms with van der Waals surface area (Å²) in [5.74, 6) is 1.54. The summed E-state index contributed by atoms with van der Waals surface area (Å²) < 4.78 is 11.1. The lowest BCUT2D eigenvalue weighted by Crippen LogP contribution is -2.42. The molecule has 0 spiro atoms. The monoisotopic (exact) mass is 247 g/mol. The average molecular weight is 247 g/mol. The van der Waals surface area contributed by atoms with Crippen LogP contribution < -0.4 is 9.64 Å². The van der Waals surface area contributed by atoms with Gasteiger partial charge in [-0.2, -0.15) is 5.26 Å². The highest BCUT2D eigenvalue weighted by Crippen LogP contribution is 2.27. The van der Waals surface area contributed by atoms with Gasteiger partial charge in [-0.25, -0.2) is 4.98 Å². The van der Waals surface area contributed by atoms with Crippen LogP contribution in [0.2, 0.25) is 0 Å². The van der Waals surface area contributed by atoms with Gasteiger partial charge in [0.05, 0.1) is 25.3 Å². The number of hydrogen-bond donors (Lipinski definition) is 0. The number of anilines is 1. The summed E-state index contributed by atoms with van der Waals surface area (Å²) >= 11 is 0. The fraction of sp³-hybridized carbons (Fsp3) is 0.538. The Balaban J connectivity index is 2.19. The molecule has 0 aliphatic carbocycles. The lowest BCUT2D eigenvalue weighted by atomic mass is 10.2. The zero-order chi connectivity index (χ0) is 13.0. The van der Waals surface area contributed by atoms with Crippen LogP contribution in [0, 0.1) is 11.3 Å². The third-order valence-electron chi connectivity index (χ3n) is 2.62. The predicted octanol–water partition coefficient (Wildman–Crippen LogP) is 1.60. The first-order valence-electron chi connectivity index (χ1n) is 6.08. The Hall–Kier alpha value is -1.80. The number of aromatic nitrogens is 1. The van der Waals surface area contributed by atoms with Gasteiger partial charge in [-0.1, -0.05) is 0 Å². The minimum Gasteiger partial charge on any atom is -0.487 e. The Morgan fingerprint density at radius 2 is 2.44 bits per heavy atom. The van der Waals surface area contributed by atoms with Crippen LogP contribution >= 0.6 is 0 Å². The maximum absolute atomic E-state index is 8.92. The van der Waals surface area contributed by atoms with Crippen molar-refractivity contribution in [2.75, 3.05) is 24.6 Å². The molecule has 0 amide bonds. The smallest absolute Gasteiger partial charge is 0.171 e. The number of pyridine rings is 1. The molecule has 0 bridgehead atoms. The van der Waals surface area contributed by atoms with Gasteiger partial charge in [0.25, 0.3) is 0 Å². The highest BCUT2D eigenvalue weighted by molar-refractivity contribution is 5.52. The molecule has 5 heteroatoms. The van der Waals surface area contributed by atoms with Crippen LogP contribution in [0.25, 0.3) is 0 Å². The number of nitriles is 1. The van der Waals surface area contributed by atoms with Crippen molar-refractivity contribution < 1.29 is 9.47 Å². The van der Waals surface area contributed by atoms with E-state index in [0.717, 1.165) is 18.1 Å². The van der Waals surface area contributed by atoms with Crippen LogP contribution in [-0.2, 0) is 4.74 Å². The fourth-order valence-corrected chi connectivity index (χ4v) is 1.89. The number of nitrogens with zero attached hydrogens (tertiary/aromatic N) is 3. The minimum absolute atomic E-state index is 0.0979. The Bertz CT molecular complexity index is 442. The predicted molar refractivity (Wildman–Crippen MR) is 67.6 cm³/mol. The summed E-state index contributed by atoms with van der Waals surface area (Å²) in [6.07, 6.45) is 1.44. The first-order valence-corrected chi connectivity index (χ1v) is 6.08. The summed E-state index contributed by atoms with van der Waals surface area (Å²) in [5.41, 5.74) is 0. The van der Waals surface area contributed by atoms with Gasteiger partial charge in [0, 0.05) is 12.7 Å². The van der Waals surface area contributed by atoms with Crippen molar-refractivity contribution in [3.05, 3.63) is 18.3 Å². The normalized spacial score (nSPS) is 19.7. The summed E-state index contributed by atoms with van der Waals surface area (Å²) in [6.45, 7) is 5.75. The maximum atomic E-state index is 8.92. The van der Waals surface area contributed by atoms with Crippen LogP contribution in [0.3, 0.4) is 0 Å². The number of rotatable bonds is 3. The molecule has 1 fully saturated rings. The van der Waals surface area contributed by atoms with Crippen LogP contribution in [0.5, 0.6) is 5.75 Å². The lowest BCUT2D eigenvalue weighted by Gasteiger charge is -2.31. The molecule has 5 nitrogen and oxygen atoms in total. The van der Waals surface area contributed by atoms with E-state index in [1.54, 1.807) is 6.20 Å². The van der Waals surface area contributed by atoms with Crippen molar-refractivity contribution in [1.82, 2.24) is 4.98 Å². The molecule has 0 radical (unpaired) electrons. The quantitative estimate of drug-likeness (QED) is 0.812. The molecular formula is C13H17N3O2. The van der Waals surface area contributed by atoms with Gasteiger partial charge in [0.2, 0.25) is 0 Å². The van der Waals surface area contributed by atoms with E-state index >= 15 is 0 Å². The van der Waals surface area contributed by atoms with E-state index in [2.05, 4.69) is 11.1 Å². The van der Waals surface area contributed by atoms with E-state index < -0.39 is 6.10 Å². The SMILES string of the molecule is CC(C)Oc1cccnc1N1CCOC(C#N)C1. The van der Waals surface area contributed by atoms with Gasteiger partial charge in [-0.05, 0) is 26.0 Å². The highest BCUT2D eigenvalue weighted by Gasteiger charge is 2.23. The molecule has 1 atom stereocenters. The zero-order valence-corrected chi connectivity index (χ0v) is 10.7. The Morgan fingerprint density at radius 3 is 3.17 bits per heavy atom. The van der Waals surface area contributed by atoms with Crippen molar-refractivity contribution in [1.29, 1.82) is 5.26 Å². The molecule has 1 aliphatic heterocycles. The van der Waals surface area contributed by atoms with Crippen LogP contribution in [-0.4, -0.2) is 36.9 Å². The molecule has 1 aromatic rings. The fourth-order valence-electron chi connectivity index (χ4n) is 1.89. The Kier molecular flexibility index (Phi) is 4.00. The average Bonchev–Trinajstić information content (AvgIpc) is 2.39. The highest BCUT2D eigenvalue weighted by atomic mass is 16.5. The molecule has 1 aromatic heterocycles. The van der Waals surface area contributed by atoms with E-state index in [0.29, 0.717) is 13.2 Å².